The first kappa shape index (κ1) is 15.3. The van der Waals surface area contributed by atoms with Crippen molar-refractivity contribution in [2.45, 2.75) is 39.5 Å². The average molecular weight is 301 g/mol. The van der Waals surface area contributed by atoms with Crippen molar-refractivity contribution in [2.75, 3.05) is 31.1 Å². The summed E-state index contributed by atoms with van der Waals surface area (Å²) in [6.07, 6.45) is 8.49. The fourth-order valence-electron chi connectivity index (χ4n) is 3.70. The largest absolute Gasteiger partial charge is 0.370 e. The predicted octanol–water partition coefficient (Wildman–Crippen LogP) is 3.19. The third-order valence-corrected chi connectivity index (χ3v) is 4.94. The number of carbonyl (C=O) groups excluding carboxylic acids is 1. The Balaban J connectivity index is 1.74. The SMILES string of the molecule is CC1CCCN(C(=O)c2cncc(N3CCCC(C)C3)c2)C1. The van der Waals surface area contributed by atoms with Gasteiger partial charge in [-0.05, 0) is 43.6 Å². The van der Waals surface area contributed by atoms with Crippen LogP contribution in [0, 0.1) is 11.8 Å². The van der Waals surface area contributed by atoms with Gasteiger partial charge in [0.15, 0.2) is 0 Å². The molecule has 2 aliphatic heterocycles. The molecule has 4 nitrogen and oxygen atoms in total. The quantitative estimate of drug-likeness (QED) is 0.841. The Labute approximate surface area is 133 Å². The van der Waals surface area contributed by atoms with Gasteiger partial charge in [0.1, 0.15) is 0 Å². The van der Waals surface area contributed by atoms with E-state index in [0.717, 1.165) is 49.8 Å². The number of amides is 1. The molecule has 0 aliphatic carbocycles. The van der Waals surface area contributed by atoms with E-state index in [4.69, 9.17) is 0 Å². The lowest BCUT2D eigenvalue weighted by atomic mass is 9.99. The summed E-state index contributed by atoms with van der Waals surface area (Å²) in [5.41, 5.74) is 1.84. The van der Waals surface area contributed by atoms with Gasteiger partial charge in [-0.15, -0.1) is 0 Å². The highest BCUT2D eigenvalue weighted by atomic mass is 16.2. The van der Waals surface area contributed by atoms with Crippen LogP contribution in [0.1, 0.15) is 49.9 Å². The summed E-state index contributed by atoms with van der Waals surface area (Å²) >= 11 is 0. The highest BCUT2D eigenvalue weighted by Crippen LogP contribution is 2.24. The molecule has 1 aromatic rings. The molecule has 4 heteroatoms. The van der Waals surface area contributed by atoms with Crippen LogP contribution in [0.5, 0.6) is 0 Å². The van der Waals surface area contributed by atoms with Gasteiger partial charge in [0.25, 0.3) is 5.91 Å². The predicted molar refractivity (Wildman–Crippen MR) is 89.1 cm³/mol. The first-order chi connectivity index (χ1) is 10.6. The summed E-state index contributed by atoms with van der Waals surface area (Å²) in [4.78, 5) is 21.4. The van der Waals surface area contributed by atoms with E-state index in [9.17, 15) is 4.79 Å². The summed E-state index contributed by atoms with van der Waals surface area (Å²) in [6, 6.07) is 2.03. The summed E-state index contributed by atoms with van der Waals surface area (Å²) in [5, 5.41) is 0. The van der Waals surface area contributed by atoms with Crippen LogP contribution >= 0.6 is 0 Å². The van der Waals surface area contributed by atoms with Gasteiger partial charge in [0.2, 0.25) is 0 Å². The third kappa shape index (κ3) is 3.42. The van der Waals surface area contributed by atoms with Crippen molar-refractivity contribution in [2.24, 2.45) is 11.8 Å². The monoisotopic (exact) mass is 301 g/mol. The number of anilines is 1. The molecule has 1 aromatic heterocycles. The minimum atomic E-state index is 0.144. The number of carbonyl (C=O) groups is 1. The van der Waals surface area contributed by atoms with Crippen LogP contribution < -0.4 is 4.90 Å². The Morgan fingerprint density at radius 2 is 1.82 bits per heavy atom. The van der Waals surface area contributed by atoms with Gasteiger partial charge in [-0.2, -0.15) is 0 Å². The Morgan fingerprint density at radius 3 is 2.55 bits per heavy atom. The Morgan fingerprint density at radius 1 is 1.09 bits per heavy atom. The fourth-order valence-corrected chi connectivity index (χ4v) is 3.70. The van der Waals surface area contributed by atoms with Gasteiger partial charge in [0, 0.05) is 32.4 Å². The molecular formula is C18H27N3O. The number of rotatable bonds is 2. The molecule has 0 N–H and O–H groups in total. The fraction of sp³-hybridized carbons (Fsp3) is 0.667. The molecule has 1 amide bonds. The van der Waals surface area contributed by atoms with Crippen molar-refractivity contribution in [1.29, 1.82) is 0 Å². The molecule has 2 saturated heterocycles. The first-order valence-corrected chi connectivity index (χ1v) is 8.63. The van der Waals surface area contributed by atoms with Gasteiger partial charge in [-0.1, -0.05) is 13.8 Å². The maximum atomic E-state index is 12.7. The molecule has 0 bridgehead atoms. The second-order valence-corrected chi connectivity index (χ2v) is 7.12. The smallest absolute Gasteiger partial charge is 0.255 e. The number of aromatic nitrogens is 1. The summed E-state index contributed by atoms with van der Waals surface area (Å²) in [5.74, 6) is 1.47. The van der Waals surface area contributed by atoms with E-state index in [0.29, 0.717) is 5.92 Å². The van der Waals surface area contributed by atoms with E-state index in [1.165, 1.54) is 19.3 Å². The lowest BCUT2D eigenvalue weighted by Gasteiger charge is -2.33. The van der Waals surface area contributed by atoms with Crippen LogP contribution in [0.25, 0.3) is 0 Å². The lowest BCUT2D eigenvalue weighted by molar-refractivity contribution is 0.0682. The zero-order valence-corrected chi connectivity index (χ0v) is 13.8. The van der Waals surface area contributed by atoms with Crippen LogP contribution in [-0.2, 0) is 0 Å². The molecule has 3 heterocycles. The van der Waals surface area contributed by atoms with E-state index in [1.54, 1.807) is 6.20 Å². The number of nitrogens with zero attached hydrogens (tertiary/aromatic N) is 3. The Kier molecular flexibility index (Phi) is 4.65. The van der Waals surface area contributed by atoms with Crippen LogP contribution in [0.2, 0.25) is 0 Å². The van der Waals surface area contributed by atoms with Gasteiger partial charge >= 0.3 is 0 Å². The van der Waals surface area contributed by atoms with Crippen LogP contribution in [0.3, 0.4) is 0 Å². The zero-order chi connectivity index (χ0) is 15.5. The molecule has 2 unspecified atom stereocenters. The molecule has 0 aromatic carbocycles. The molecular weight excluding hydrogens is 274 g/mol. The topological polar surface area (TPSA) is 36.4 Å². The van der Waals surface area contributed by atoms with Gasteiger partial charge < -0.3 is 9.80 Å². The molecule has 0 radical (unpaired) electrons. The highest BCUT2D eigenvalue weighted by Gasteiger charge is 2.23. The Bertz CT molecular complexity index is 531. The maximum absolute atomic E-state index is 12.7. The van der Waals surface area contributed by atoms with Gasteiger partial charge in [-0.25, -0.2) is 0 Å². The highest BCUT2D eigenvalue weighted by molar-refractivity contribution is 5.94. The van der Waals surface area contributed by atoms with Crippen molar-refractivity contribution in [3.8, 4) is 0 Å². The van der Waals surface area contributed by atoms with E-state index in [-0.39, 0.29) is 5.91 Å². The molecule has 2 aliphatic rings. The second-order valence-electron chi connectivity index (χ2n) is 7.12. The van der Waals surface area contributed by atoms with Crippen LogP contribution in [0.4, 0.5) is 5.69 Å². The van der Waals surface area contributed by atoms with Crippen molar-refractivity contribution in [3.63, 3.8) is 0 Å². The summed E-state index contributed by atoms with van der Waals surface area (Å²) < 4.78 is 0. The summed E-state index contributed by atoms with van der Waals surface area (Å²) in [6.45, 7) is 8.43. The second kappa shape index (κ2) is 6.67. The number of hydrogen-bond acceptors (Lipinski definition) is 3. The third-order valence-electron chi connectivity index (χ3n) is 4.94. The van der Waals surface area contributed by atoms with Crippen molar-refractivity contribution in [1.82, 2.24) is 9.88 Å². The number of likely N-dealkylation sites (tertiary alicyclic amines) is 1. The van der Waals surface area contributed by atoms with Crippen LogP contribution in [-0.4, -0.2) is 42.0 Å². The van der Waals surface area contributed by atoms with Crippen molar-refractivity contribution < 1.29 is 4.79 Å². The van der Waals surface area contributed by atoms with Gasteiger partial charge in [0.05, 0.1) is 17.4 Å². The standard InChI is InChI=1S/C18H27N3O/c1-14-5-3-7-20(12-14)17-9-16(10-19-11-17)18(22)21-8-4-6-15(2)13-21/h9-11,14-15H,3-8,12-13H2,1-2H3. The van der Waals surface area contributed by atoms with Crippen LogP contribution in [0.15, 0.2) is 18.5 Å². The lowest BCUT2D eigenvalue weighted by Crippen LogP contribution is -2.39. The number of hydrogen-bond donors (Lipinski definition) is 0. The first-order valence-electron chi connectivity index (χ1n) is 8.63. The molecule has 2 atom stereocenters. The molecule has 22 heavy (non-hydrogen) atoms. The molecule has 120 valence electrons. The van der Waals surface area contributed by atoms with E-state index < -0.39 is 0 Å². The van der Waals surface area contributed by atoms with Gasteiger partial charge in [-0.3, -0.25) is 9.78 Å². The normalized spacial score (nSPS) is 26.1. The van der Waals surface area contributed by atoms with E-state index in [2.05, 4.69) is 23.7 Å². The maximum Gasteiger partial charge on any atom is 0.255 e. The molecule has 2 fully saturated rings. The molecule has 3 rings (SSSR count). The van der Waals surface area contributed by atoms with Crippen molar-refractivity contribution >= 4 is 11.6 Å². The number of piperidine rings is 2. The minimum Gasteiger partial charge on any atom is -0.370 e. The summed E-state index contributed by atoms with van der Waals surface area (Å²) in [7, 11) is 0. The van der Waals surface area contributed by atoms with E-state index in [1.807, 2.05) is 17.2 Å². The average Bonchev–Trinajstić information content (AvgIpc) is 2.54. The number of pyridine rings is 1. The Hall–Kier alpha value is -1.58. The molecule has 0 saturated carbocycles. The van der Waals surface area contributed by atoms with E-state index >= 15 is 0 Å². The van der Waals surface area contributed by atoms with Crippen molar-refractivity contribution in [3.05, 3.63) is 24.0 Å². The minimum absolute atomic E-state index is 0.144. The zero-order valence-electron chi connectivity index (χ0n) is 13.8. The molecule has 0 spiro atoms.